The molecule has 0 radical (unpaired) electrons. The van der Waals surface area contributed by atoms with E-state index in [9.17, 15) is 9.59 Å². The Hall–Kier alpha value is -1.89. The molecule has 1 aromatic heterocycles. The van der Waals surface area contributed by atoms with Crippen LogP contribution in [0.2, 0.25) is 0 Å². The number of hydrogen-bond acceptors (Lipinski definition) is 4. The molecule has 20 heavy (non-hydrogen) atoms. The smallest absolute Gasteiger partial charge is 0.332 e. The largest absolute Gasteiger partial charge is 0.479 e. The number of aliphatic carboxylic acids is 1. The molecule has 7 nitrogen and oxygen atoms in total. The van der Waals surface area contributed by atoms with Crippen molar-refractivity contribution < 1.29 is 19.4 Å². The van der Waals surface area contributed by atoms with E-state index in [-0.39, 0.29) is 11.9 Å². The molecule has 0 bridgehead atoms. The molecule has 110 valence electrons. The SMILES string of the molecule is Cc1c(C(C)NC(=O)[C@@H]2CC[C@H](C(=O)O)O2)cnn1C. The van der Waals surface area contributed by atoms with Crippen LogP contribution in [0.15, 0.2) is 6.20 Å². The topological polar surface area (TPSA) is 93.5 Å². The minimum Gasteiger partial charge on any atom is -0.479 e. The second-order valence-electron chi connectivity index (χ2n) is 5.07. The molecule has 1 saturated heterocycles. The van der Waals surface area contributed by atoms with Gasteiger partial charge in [0.05, 0.1) is 12.2 Å². The highest BCUT2D eigenvalue weighted by Crippen LogP contribution is 2.22. The van der Waals surface area contributed by atoms with Gasteiger partial charge < -0.3 is 15.2 Å². The number of carbonyl (C=O) groups excluding carboxylic acids is 1. The first-order valence-electron chi connectivity index (χ1n) is 6.57. The van der Waals surface area contributed by atoms with Crippen molar-refractivity contribution in [2.45, 2.75) is 44.9 Å². The van der Waals surface area contributed by atoms with Gasteiger partial charge in [-0.3, -0.25) is 9.48 Å². The Balaban J connectivity index is 1.95. The lowest BCUT2D eigenvalue weighted by Crippen LogP contribution is -2.37. The third kappa shape index (κ3) is 2.82. The maximum absolute atomic E-state index is 12.1. The predicted octanol–water partition coefficient (Wildman–Crippen LogP) is 0.538. The molecule has 1 fully saturated rings. The van der Waals surface area contributed by atoms with Crippen LogP contribution in [-0.4, -0.2) is 39.0 Å². The Morgan fingerprint density at radius 1 is 1.50 bits per heavy atom. The molecule has 2 rings (SSSR count). The van der Waals surface area contributed by atoms with Crippen molar-refractivity contribution in [2.75, 3.05) is 0 Å². The number of nitrogens with one attached hydrogen (secondary N) is 1. The number of ether oxygens (including phenoxy) is 1. The predicted molar refractivity (Wildman–Crippen MR) is 70.0 cm³/mol. The summed E-state index contributed by atoms with van der Waals surface area (Å²) in [6.45, 7) is 3.79. The number of carboxylic acids is 1. The summed E-state index contributed by atoms with van der Waals surface area (Å²) in [6, 6.07) is -0.191. The highest BCUT2D eigenvalue weighted by Gasteiger charge is 2.35. The van der Waals surface area contributed by atoms with Gasteiger partial charge in [0.25, 0.3) is 0 Å². The summed E-state index contributed by atoms with van der Waals surface area (Å²) in [4.78, 5) is 22.9. The molecule has 1 aliphatic heterocycles. The second-order valence-corrected chi connectivity index (χ2v) is 5.07. The minimum absolute atomic E-state index is 0.191. The Kier molecular flexibility index (Phi) is 4.08. The molecule has 1 unspecified atom stereocenters. The third-order valence-corrected chi connectivity index (χ3v) is 3.69. The van der Waals surface area contributed by atoms with Gasteiger partial charge in [-0.2, -0.15) is 5.10 Å². The van der Waals surface area contributed by atoms with Crippen LogP contribution in [-0.2, 0) is 21.4 Å². The second kappa shape index (κ2) is 5.62. The number of nitrogens with zero attached hydrogens (tertiary/aromatic N) is 2. The monoisotopic (exact) mass is 281 g/mol. The molecule has 0 spiro atoms. The lowest BCUT2D eigenvalue weighted by molar-refractivity contribution is -0.151. The van der Waals surface area contributed by atoms with Crippen molar-refractivity contribution in [3.63, 3.8) is 0 Å². The van der Waals surface area contributed by atoms with E-state index >= 15 is 0 Å². The minimum atomic E-state index is -1.02. The van der Waals surface area contributed by atoms with Crippen LogP contribution in [0.3, 0.4) is 0 Å². The van der Waals surface area contributed by atoms with Crippen LogP contribution in [0, 0.1) is 6.92 Å². The van der Waals surface area contributed by atoms with Gasteiger partial charge in [-0.05, 0) is 26.7 Å². The van der Waals surface area contributed by atoms with E-state index in [0.29, 0.717) is 12.8 Å². The van der Waals surface area contributed by atoms with E-state index in [2.05, 4.69) is 10.4 Å². The van der Waals surface area contributed by atoms with E-state index in [1.54, 1.807) is 10.9 Å². The quantitative estimate of drug-likeness (QED) is 0.840. The fourth-order valence-electron chi connectivity index (χ4n) is 2.34. The number of hydrogen-bond donors (Lipinski definition) is 2. The van der Waals surface area contributed by atoms with Crippen LogP contribution in [0.25, 0.3) is 0 Å². The van der Waals surface area contributed by atoms with Gasteiger partial charge in [0, 0.05) is 18.3 Å². The summed E-state index contributed by atoms with van der Waals surface area (Å²) in [7, 11) is 1.84. The van der Waals surface area contributed by atoms with Crippen molar-refractivity contribution in [2.24, 2.45) is 7.05 Å². The van der Waals surface area contributed by atoms with Crippen LogP contribution < -0.4 is 5.32 Å². The Bertz CT molecular complexity index is 526. The fourth-order valence-corrected chi connectivity index (χ4v) is 2.34. The van der Waals surface area contributed by atoms with Crippen molar-refractivity contribution in [1.82, 2.24) is 15.1 Å². The Morgan fingerprint density at radius 2 is 2.15 bits per heavy atom. The van der Waals surface area contributed by atoms with Crippen molar-refractivity contribution >= 4 is 11.9 Å². The van der Waals surface area contributed by atoms with Gasteiger partial charge in [0.1, 0.15) is 6.10 Å². The van der Waals surface area contributed by atoms with Gasteiger partial charge in [0.15, 0.2) is 6.10 Å². The molecule has 1 aromatic rings. The summed E-state index contributed by atoms with van der Waals surface area (Å²) in [5.74, 6) is -1.29. The molecule has 3 atom stereocenters. The number of carbonyl (C=O) groups is 2. The van der Waals surface area contributed by atoms with Gasteiger partial charge in [-0.15, -0.1) is 0 Å². The zero-order chi connectivity index (χ0) is 14.9. The van der Waals surface area contributed by atoms with Crippen LogP contribution >= 0.6 is 0 Å². The number of rotatable bonds is 4. The van der Waals surface area contributed by atoms with Crippen molar-refractivity contribution in [1.29, 1.82) is 0 Å². The van der Waals surface area contributed by atoms with Crippen LogP contribution in [0.5, 0.6) is 0 Å². The van der Waals surface area contributed by atoms with E-state index in [1.807, 2.05) is 20.9 Å². The average Bonchev–Trinajstić information content (AvgIpc) is 2.98. The first-order valence-corrected chi connectivity index (χ1v) is 6.57. The fraction of sp³-hybridized carbons (Fsp3) is 0.615. The van der Waals surface area contributed by atoms with E-state index < -0.39 is 18.2 Å². The number of amides is 1. The molecular weight excluding hydrogens is 262 g/mol. The normalized spacial score (nSPS) is 23.6. The van der Waals surface area contributed by atoms with E-state index in [0.717, 1.165) is 11.3 Å². The van der Waals surface area contributed by atoms with Gasteiger partial charge in [0.2, 0.25) is 5.91 Å². The summed E-state index contributed by atoms with van der Waals surface area (Å²) >= 11 is 0. The Morgan fingerprint density at radius 3 is 2.65 bits per heavy atom. The molecule has 2 N–H and O–H groups in total. The average molecular weight is 281 g/mol. The lowest BCUT2D eigenvalue weighted by atomic mass is 10.1. The number of carboxylic acid groups (broad SMARTS) is 1. The van der Waals surface area contributed by atoms with Gasteiger partial charge in [-0.1, -0.05) is 0 Å². The number of aromatic nitrogens is 2. The van der Waals surface area contributed by atoms with E-state index in [4.69, 9.17) is 9.84 Å². The Labute approximate surface area is 116 Å². The molecule has 0 aliphatic carbocycles. The zero-order valence-corrected chi connectivity index (χ0v) is 11.8. The maximum atomic E-state index is 12.1. The van der Waals surface area contributed by atoms with Crippen LogP contribution in [0.1, 0.15) is 37.1 Å². The summed E-state index contributed by atoms with van der Waals surface area (Å²) < 4.78 is 6.97. The summed E-state index contributed by atoms with van der Waals surface area (Å²) in [5, 5.41) is 15.8. The molecule has 2 heterocycles. The molecule has 0 saturated carbocycles. The van der Waals surface area contributed by atoms with Crippen molar-refractivity contribution in [3.05, 3.63) is 17.5 Å². The molecule has 7 heteroatoms. The highest BCUT2D eigenvalue weighted by atomic mass is 16.5. The highest BCUT2D eigenvalue weighted by molar-refractivity contribution is 5.83. The number of aryl methyl sites for hydroxylation is 1. The summed E-state index contributed by atoms with van der Waals surface area (Å²) in [5.41, 5.74) is 1.92. The van der Waals surface area contributed by atoms with Crippen LogP contribution in [0.4, 0.5) is 0 Å². The summed E-state index contributed by atoms with van der Waals surface area (Å²) in [6.07, 6.45) is 0.960. The molecule has 1 amide bonds. The lowest BCUT2D eigenvalue weighted by Gasteiger charge is -2.17. The standard InChI is InChI=1S/C13H19N3O4/c1-7(9-6-14-16(3)8(9)2)15-12(17)10-4-5-11(20-10)13(18)19/h6-7,10-11H,4-5H2,1-3H3,(H,15,17)(H,18,19)/t7?,10-,11+/m0/s1. The zero-order valence-electron chi connectivity index (χ0n) is 11.8. The molecular formula is C13H19N3O4. The van der Waals surface area contributed by atoms with Gasteiger partial charge in [-0.25, -0.2) is 4.79 Å². The first-order chi connectivity index (χ1) is 9.40. The third-order valence-electron chi connectivity index (χ3n) is 3.69. The first kappa shape index (κ1) is 14.5. The van der Waals surface area contributed by atoms with Gasteiger partial charge >= 0.3 is 5.97 Å². The molecule has 0 aromatic carbocycles. The van der Waals surface area contributed by atoms with Crippen molar-refractivity contribution in [3.8, 4) is 0 Å². The van der Waals surface area contributed by atoms with E-state index in [1.165, 1.54) is 0 Å². The molecule has 1 aliphatic rings. The maximum Gasteiger partial charge on any atom is 0.332 e.